The fourth-order valence-corrected chi connectivity index (χ4v) is 3.14. The molecule has 0 spiro atoms. The molecule has 9 heteroatoms. The molecule has 0 radical (unpaired) electrons. The highest BCUT2D eigenvalue weighted by Crippen LogP contribution is 2.15. The second-order valence-electron chi connectivity index (χ2n) is 4.94. The van der Waals surface area contributed by atoms with Crippen molar-refractivity contribution in [2.75, 3.05) is 0 Å². The maximum Gasteiger partial charge on any atom is 0.184 e. The van der Waals surface area contributed by atoms with Crippen molar-refractivity contribution in [3.8, 4) is 24.3 Å². The van der Waals surface area contributed by atoms with Gasteiger partial charge in [-0.05, 0) is 44.0 Å². The van der Waals surface area contributed by atoms with E-state index in [2.05, 4.69) is 31.9 Å². The molecule has 0 unspecified atom stereocenters. The number of furan rings is 3. The zero-order valence-corrected chi connectivity index (χ0v) is 16.3. The van der Waals surface area contributed by atoms with Gasteiger partial charge in [0.25, 0.3) is 0 Å². The highest BCUT2D eigenvalue weighted by atomic mass is 79.9. The number of nitrogens with zero attached hydrogens (tertiary/aromatic N) is 4. The molecule has 27 heavy (non-hydrogen) atoms. The van der Waals surface area contributed by atoms with E-state index in [4.69, 9.17) is 34.3 Å². The second kappa shape index (κ2) is 7.40. The van der Waals surface area contributed by atoms with Gasteiger partial charge in [-0.15, -0.1) is 0 Å². The maximum absolute atomic E-state index is 8.95. The third-order valence-electron chi connectivity index (χ3n) is 3.37. The zero-order valence-electron chi connectivity index (χ0n) is 13.1. The lowest BCUT2D eigenvalue weighted by atomic mass is 10.3. The molecule has 0 amide bonds. The molecule has 3 aromatic rings. The van der Waals surface area contributed by atoms with Crippen molar-refractivity contribution >= 4 is 43.0 Å². The molecule has 0 fully saturated rings. The van der Waals surface area contributed by atoms with Crippen molar-refractivity contribution in [3.63, 3.8) is 0 Å². The number of hydrogen-bond acceptors (Lipinski definition) is 7. The Morgan fingerprint density at radius 3 is 1.37 bits per heavy atom. The van der Waals surface area contributed by atoms with Crippen LogP contribution >= 0.6 is 31.9 Å². The number of halogens is 2. The summed E-state index contributed by atoms with van der Waals surface area (Å²) >= 11 is 6.62. The summed E-state index contributed by atoms with van der Waals surface area (Å²) < 4.78 is 17.8. The van der Waals surface area contributed by atoms with Gasteiger partial charge in [0.05, 0.1) is 8.95 Å². The smallest absolute Gasteiger partial charge is 0.184 e. The molecule has 0 aliphatic carbocycles. The summed E-state index contributed by atoms with van der Waals surface area (Å²) in [6.45, 7) is 0. The van der Waals surface area contributed by atoms with Crippen LogP contribution in [0, 0.1) is 67.0 Å². The van der Waals surface area contributed by atoms with Gasteiger partial charge in [0.15, 0.2) is 43.6 Å². The van der Waals surface area contributed by atoms with Gasteiger partial charge in [-0.2, -0.15) is 21.0 Å². The molecular weight excluding hydrogens is 480 g/mol. The summed E-state index contributed by atoms with van der Waals surface area (Å²) in [5.74, 6) is 0. The van der Waals surface area contributed by atoms with E-state index >= 15 is 0 Å². The average molecular weight is 484 g/mol. The molecule has 3 rings (SSSR count). The summed E-state index contributed by atoms with van der Waals surface area (Å²) in [4.78, 5) is 0. The Bertz CT molecular complexity index is 1400. The van der Waals surface area contributed by atoms with Crippen LogP contribution in [0.25, 0.3) is 11.1 Å². The van der Waals surface area contributed by atoms with Crippen molar-refractivity contribution in [1.29, 1.82) is 21.0 Å². The zero-order chi connectivity index (χ0) is 19.6. The second-order valence-corrected chi connectivity index (χ2v) is 6.65. The van der Waals surface area contributed by atoms with E-state index in [0.29, 0.717) is 30.6 Å². The van der Waals surface area contributed by atoms with Crippen molar-refractivity contribution in [1.82, 2.24) is 0 Å². The van der Waals surface area contributed by atoms with Gasteiger partial charge >= 0.3 is 0 Å². The molecular formula is C18H4Br2N4O3. The Hall–Kier alpha value is -3.50. The van der Waals surface area contributed by atoms with Crippen LogP contribution in [0.3, 0.4) is 0 Å². The molecule has 0 atom stereocenters. The molecule has 0 bridgehead atoms. The third-order valence-corrected chi connectivity index (χ3v) is 4.55. The van der Waals surface area contributed by atoms with Crippen LogP contribution in [0.5, 0.6) is 0 Å². The summed E-state index contributed by atoms with van der Waals surface area (Å²) in [7, 11) is 0. The van der Waals surface area contributed by atoms with Crippen molar-refractivity contribution in [2.24, 2.45) is 0 Å². The molecule has 0 saturated heterocycles. The van der Waals surface area contributed by atoms with Crippen molar-refractivity contribution in [3.05, 3.63) is 65.7 Å². The first-order valence-corrected chi connectivity index (χ1v) is 8.65. The lowest BCUT2D eigenvalue weighted by Gasteiger charge is -1.80. The standard InChI is InChI=1S/C18H4Br2N4O3/c19-11-3-15(9(5-21)6-22)26-17(11)13-1-2-14(25-13)18-12(20)4-16(27-18)10(7-23)8-24/h1-4H/b17-13+,18-14+. The van der Waals surface area contributed by atoms with E-state index in [1.54, 1.807) is 36.4 Å². The van der Waals surface area contributed by atoms with Gasteiger partial charge < -0.3 is 13.3 Å². The van der Waals surface area contributed by atoms with Crippen LogP contribution in [-0.2, 0) is 0 Å². The van der Waals surface area contributed by atoms with E-state index in [1.165, 1.54) is 12.1 Å². The first kappa shape index (κ1) is 18.3. The van der Waals surface area contributed by atoms with Crippen LogP contribution in [0.2, 0.25) is 0 Å². The highest BCUT2D eigenvalue weighted by molar-refractivity contribution is 9.10. The van der Waals surface area contributed by atoms with Crippen LogP contribution in [-0.4, -0.2) is 0 Å². The van der Waals surface area contributed by atoms with Crippen molar-refractivity contribution in [2.45, 2.75) is 0 Å². The van der Waals surface area contributed by atoms with E-state index in [9.17, 15) is 0 Å². The average Bonchev–Trinajstić information content (AvgIpc) is 3.36. The quantitative estimate of drug-likeness (QED) is 0.479. The molecule has 7 nitrogen and oxygen atoms in total. The minimum absolute atomic E-state index is 0.114. The van der Waals surface area contributed by atoms with Gasteiger partial charge in [0, 0.05) is 12.1 Å². The molecule has 0 aliphatic rings. The summed E-state index contributed by atoms with van der Waals surface area (Å²) in [5.41, 5.74) is 1.14. The van der Waals surface area contributed by atoms with Gasteiger partial charge in [0.2, 0.25) is 0 Å². The molecule has 128 valence electrons. The number of nitriles is 4. The lowest BCUT2D eigenvalue weighted by molar-refractivity contribution is 0.426. The topological polar surface area (TPSA) is 135 Å². The van der Waals surface area contributed by atoms with Crippen LogP contribution in [0.1, 0.15) is 0 Å². The number of hydrogen-bond donors (Lipinski definition) is 0. The van der Waals surface area contributed by atoms with E-state index in [1.807, 2.05) is 0 Å². The predicted octanol–water partition coefficient (Wildman–Crippen LogP) is 2.96. The predicted molar refractivity (Wildman–Crippen MR) is 95.4 cm³/mol. The molecule has 0 N–H and O–H groups in total. The van der Waals surface area contributed by atoms with Crippen LogP contribution < -0.4 is 10.8 Å². The first-order chi connectivity index (χ1) is 13.0. The number of rotatable bonds is 0. The summed E-state index contributed by atoms with van der Waals surface area (Å²) in [6, 6.07) is 13.3. The molecule has 0 aromatic carbocycles. The van der Waals surface area contributed by atoms with Crippen molar-refractivity contribution < 1.29 is 13.3 Å². The summed E-state index contributed by atoms with van der Waals surface area (Å²) in [6.07, 6.45) is 0. The van der Waals surface area contributed by atoms with Crippen LogP contribution in [0.15, 0.2) is 46.5 Å². The van der Waals surface area contributed by atoms with Gasteiger partial charge in [-0.1, -0.05) is 0 Å². The Labute approximate surface area is 167 Å². The van der Waals surface area contributed by atoms with Gasteiger partial charge in [-0.25, -0.2) is 0 Å². The lowest BCUT2D eigenvalue weighted by Crippen LogP contribution is -1.97. The van der Waals surface area contributed by atoms with Crippen LogP contribution in [0.4, 0.5) is 0 Å². The molecule has 3 heterocycles. The SMILES string of the molecule is N#CC(C#N)=c1cc(Br)/c(=c2/cc/c(=c3\oc(=C(C#N)C#N)cc3Br)o2)o1. The Kier molecular flexibility index (Phi) is 5.01. The molecule has 0 aliphatic heterocycles. The minimum atomic E-state index is -0.164. The molecule has 0 saturated carbocycles. The maximum atomic E-state index is 8.95. The third kappa shape index (κ3) is 3.30. The summed E-state index contributed by atoms with van der Waals surface area (Å²) in [5, 5.41) is 35.8. The largest absolute Gasteiger partial charge is 0.450 e. The van der Waals surface area contributed by atoms with E-state index < -0.39 is 0 Å². The fourth-order valence-electron chi connectivity index (χ4n) is 2.17. The Morgan fingerprint density at radius 2 is 1.04 bits per heavy atom. The monoisotopic (exact) mass is 482 g/mol. The first-order valence-electron chi connectivity index (χ1n) is 7.06. The minimum Gasteiger partial charge on any atom is -0.450 e. The van der Waals surface area contributed by atoms with Gasteiger partial charge in [-0.3, -0.25) is 0 Å². The molecule has 3 aromatic heterocycles. The van der Waals surface area contributed by atoms with E-state index in [0.717, 1.165) is 0 Å². The Balaban J connectivity index is 2.44. The van der Waals surface area contributed by atoms with Gasteiger partial charge in [0.1, 0.15) is 24.3 Å². The fraction of sp³-hybridized carbons (Fsp3) is 0. The van der Waals surface area contributed by atoms with E-state index in [-0.39, 0.29) is 22.0 Å². The normalized spacial score (nSPS) is 12.4. The Morgan fingerprint density at radius 1 is 0.667 bits per heavy atom. The highest BCUT2D eigenvalue weighted by Gasteiger charge is 2.07.